The van der Waals surface area contributed by atoms with Crippen molar-refractivity contribution in [1.29, 1.82) is 0 Å². The molecule has 1 heterocycles. The van der Waals surface area contributed by atoms with Gasteiger partial charge >= 0.3 is 0 Å². The number of hydrogen-bond donors (Lipinski definition) is 1. The zero-order valence-electron chi connectivity index (χ0n) is 16.2. The lowest BCUT2D eigenvalue weighted by molar-refractivity contribution is 0.0950. The Kier molecular flexibility index (Phi) is 6.44. The van der Waals surface area contributed by atoms with E-state index in [4.69, 9.17) is 14.2 Å². The summed E-state index contributed by atoms with van der Waals surface area (Å²) in [4.78, 5) is 16.9. The van der Waals surface area contributed by atoms with Crippen LogP contribution in [0.5, 0.6) is 17.2 Å². The summed E-state index contributed by atoms with van der Waals surface area (Å²) >= 11 is 0. The summed E-state index contributed by atoms with van der Waals surface area (Å²) in [5, 5.41) is 2.89. The zero-order valence-corrected chi connectivity index (χ0v) is 16.2. The van der Waals surface area contributed by atoms with E-state index < -0.39 is 0 Å². The molecule has 1 aromatic carbocycles. The highest BCUT2D eigenvalue weighted by atomic mass is 16.5. The highest BCUT2D eigenvalue weighted by Crippen LogP contribution is 2.29. The van der Waals surface area contributed by atoms with E-state index in [-0.39, 0.29) is 12.0 Å². The van der Waals surface area contributed by atoms with Gasteiger partial charge in [0.25, 0.3) is 5.91 Å². The maximum absolute atomic E-state index is 12.5. The van der Waals surface area contributed by atoms with E-state index >= 15 is 0 Å². The van der Waals surface area contributed by atoms with Crippen LogP contribution in [0.2, 0.25) is 0 Å². The Hall–Kier alpha value is -2.76. The van der Waals surface area contributed by atoms with Crippen LogP contribution in [0.1, 0.15) is 41.0 Å². The van der Waals surface area contributed by atoms with Crippen molar-refractivity contribution in [3.63, 3.8) is 0 Å². The second-order valence-corrected chi connectivity index (χ2v) is 6.26. The largest absolute Gasteiger partial charge is 0.496 e. The van der Waals surface area contributed by atoms with E-state index in [0.29, 0.717) is 23.6 Å². The summed E-state index contributed by atoms with van der Waals surface area (Å²) in [6.07, 6.45) is 1.77. The molecule has 0 aliphatic heterocycles. The van der Waals surface area contributed by atoms with E-state index in [2.05, 4.69) is 10.3 Å². The number of benzene rings is 1. The number of hydrogen-bond acceptors (Lipinski definition) is 5. The van der Waals surface area contributed by atoms with Crippen LogP contribution in [0, 0.1) is 13.8 Å². The van der Waals surface area contributed by atoms with Crippen molar-refractivity contribution in [2.75, 3.05) is 14.2 Å². The number of rotatable bonds is 7. The fourth-order valence-corrected chi connectivity index (χ4v) is 2.68. The Morgan fingerprint density at radius 1 is 1.15 bits per heavy atom. The van der Waals surface area contributed by atoms with Crippen molar-refractivity contribution in [1.82, 2.24) is 10.3 Å². The quantitative estimate of drug-likeness (QED) is 0.821. The Bertz CT molecular complexity index is 788. The summed E-state index contributed by atoms with van der Waals surface area (Å²) in [6, 6.07) is 5.13. The summed E-state index contributed by atoms with van der Waals surface area (Å²) in [5.74, 6) is 1.72. The number of carbonyl (C=O) groups is 1. The number of carbonyl (C=O) groups excluding carboxylic acids is 1. The molecule has 0 spiro atoms. The van der Waals surface area contributed by atoms with Gasteiger partial charge in [0.2, 0.25) is 0 Å². The van der Waals surface area contributed by atoms with E-state index in [1.54, 1.807) is 38.6 Å². The Labute approximate surface area is 154 Å². The van der Waals surface area contributed by atoms with Gasteiger partial charge in [-0.15, -0.1) is 0 Å². The molecule has 0 fully saturated rings. The van der Waals surface area contributed by atoms with Crippen molar-refractivity contribution in [3.05, 3.63) is 46.8 Å². The van der Waals surface area contributed by atoms with Crippen molar-refractivity contribution < 1.29 is 19.0 Å². The minimum atomic E-state index is -0.208. The van der Waals surface area contributed by atoms with Crippen LogP contribution in [0.3, 0.4) is 0 Å². The molecule has 0 saturated heterocycles. The van der Waals surface area contributed by atoms with Gasteiger partial charge in [-0.1, -0.05) is 0 Å². The normalized spacial score (nSPS) is 10.6. The topological polar surface area (TPSA) is 69.7 Å². The minimum absolute atomic E-state index is 0.0224. The second-order valence-electron chi connectivity index (χ2n) is 6.26. The summed E-state index contributed by atoms with van der Waals surface area (Å²) < 4.78 is 16.4. The van der Waals surface area contributed by atoms with Gasteiger partial charge in [-0.3, -0.25) is 9.78 Å². The lowest BCUT2D eigenvalue weighted by atomic mass is 10.1. The van der Waals surface area contributed by atoms with Gasteiger partial charge in [-0.2, -0.15) is 0 Å². The predicted octanol–water partition coefficient (Wildman–Crippen LogP) is 3.43. The lowest BCUT2D eigenvalue weighted by Crippen LogP contribution is -2.24. The van der Waals surface area contributed by atoms with Crippen LogP contribution in [0.15, 0.2) is 24.4 Å². The number of pyridine rings is 1. The van der Waals surface area contributed by atoms with Crippen LogP contribution in [0.4, 0.5) is 0 Å². The SMILES string of the molecule is COc1cc(C(=O)NCc2ncc(C)c(OC)c2C)ccc1OC(C)C. The fourth-order valence-electron chi connectivity index (χ4n) is 2.68. The average Bonchev–Trinajstić information content (AvgIpc) is 2.61. The molecule has 140 valence electrons. The fraction of sp³-hybridized carbons (Fsp3) is 0.400. The van der Waals surface area contributed by atoms with Crippen molar-refractivity contribution in [2.24, 2.45) is 0 Å². The second kappa shape index (κ2) is 8.56. The molecule has 0 saturated carbocycles. The third-order valence-corrected chi connectivity index (χ3v) is 3.95. The number of aromatic nitrogens is 1. The molecular weight excluding hydrogens is 332 g/mol. The van der Waals surface area contributed by atoms with Gasteiger partial charge < -0.3 is 19.5 Å². The number of methoxy groups -OCH3 is 2. The summed E-state index contributed by atoms with van der Waals surface area (Å²) in [5.41, 5.74) is 3.15. The Balaban J connectivity index is 2.13. The van der Waals surface area contributed by atoms with Crippen molar-refractivity contribution >= 4 is 5.91 Å². The number of nitrogens with one attached hydrogen (secondary N) is 1. The molecule has 0 unspecified atom stereocenters. The smallest absolute Gasteiger partial charge is 0.251 e. The van der Waals surface area contributed by atoms with Crippen LogP contribution < -0.4 is 19.5 Å². The van der Waals surface area contributed by atoms with Gasteiger partial charge in [0, 0.05) is 22.9 Å². The summed E-state index contributed by atoms with van der Waals surface area (Å²) in [7, 11) is 3.18. The molecule has 0 radical (unpaired) electrons. The van der Waals surface area contributed by atoms with E-state index in [9.17, 15) is 4.79 Å². The highest BCUT2D eigenvalue weighted by molar-refractivity contribution is 5.94. The molecule has 0 aliphatic carbocycles. The van der Waals surface area contributed by atoms with Crippen LogP contribution >= 0.6 is 0 Å². The molecule has 1 N–H and O–H groups in total. The zero-order chi connectivity index (χ0) is 19.3. The lowest BCUT2D eigenvalue weighted by Gasteiger charge is -2.15. The van der Waals surface area contributed by atoms with Crippen LogP contribution in [-0.2, 0) is 6.54 Å². The maximum atomic E-state index is 12.5. The third-order valence-electron chi connectivity index (χ3n) is 3.95. The first-order valence-corrected chi connectivity index (χ1v) is 8.49. The van der Waals surface area contributed by atoms with E-state index in [0.717, 1.165) is 22.6 Å². The number of aryl methyl sites for hydroxylation is 1. The molecule has 0 aliphatic rings. The van der Waals surface area contributed by atoms with Gasteiger partial charge in [0.05, 0.1) is 32.6 Å². The van der Waals surface area contributed by atoms with Gasteiger partial charge in [0.1, 0.15) is 5.75 Å². The van der Waals surface area contributed by atoms with E-state index in [1.165, 1.54) is 0 Å². The first-order valence-electron chi connectivity index (χ1n) is 8.49. The number of nitrogens with zero attached hydrogens (tertiary/aromatic N) is 1. The predicted molar refractivity (Wildman–Crippen MR) is 100 cm³/mol. The first-order chi connectivity index (χ1) is 12.4. The highest BCUT2D eigenvalue weighted by Gasteiger charge is 2.14. The molecule has 2 aromatic rings. The Morgan fingerprint density at radius 3 is 2.50 bits per heavy atom. The summed E-state index contributed by atoms with van der Waals surface area (Å²) in [6.45, 7) is 8.06. The average molecular weight is 358 g/mol. The molecule has 6 heteroatoms. The van der Waals surface area contributed by atoms with Crippen LogP contribution in [-0.4, -0.2) is 31.2 Å². The number of ether oxygens (including phenoxy) is 3. The molecule has 1 aromatic heterocycles. The van der Waals surface area contributed by atoms with Crippen molar-refractivity contribution in [2.45, 2.75) is 40.3 Å². The molecule has 6 nitrogen and oxygen atoms in total. The maximum Gasteiger partial charge on any atom is 0.251 e. The van der Waals surface area contributed by atoms with Gasteiger partial charge in [0.15, 0.2) is 11.5 Å². The first kappa shape index (κ1) is 19.6. The van der Waals surface area contributed by atoms with Crippen LogP contribution in [0.25, 0.3) is 0 Å². The van der Waals surface area contributed by atoms with Gasteiger partial charge in [-0.25, -0.2) is 0 Å². The van der Waals surface area contributed by atoms with Crippen molar-refractivity contribution in [3.8, 4) is 17.2 Å². The molecular formula is C20H26N2O4. The molecule has 2 rings (SSSR count). The molecule has 0 bridgehead atoms. The molecule has 1 amide bonds. The molecule has 0 atom stereocenters. The van der Waals surface area contributed by atoms with E-state index in [1.807, 2.05) is 27.7 Å². The molecule has 26 heavy (non-hydrogen) atoms. The number of amides is 1. The standard InChI is InChI=1S/C20H26N2O4/c1-12(2)26-17-8-7-15(9-18(17)24-5)20(23)22-11-16-14(4)19(25-6)13(3)10-21-16/h7-10,12H,11H2,1-6H3,(H,22,23). The monoisotopic (exact) mass is 358 g/mol. The van der Waals surface area contributed by atoms with Gasteiger partial charge in [-0.05, 0) is 45.9 Å². The minimum Gasteiger partial charge on any atom is -0.496 e. The Morgan fingerprint density at radius 2 is 1.88 bits per heavy atom. The third kappa shape index (κ3) is 4.45.